The van der Waals surface area contributed by atoms with E-state index in [4.69, 9.17) is 0 Å². The van der Waals surface area contributed by atoms with Gasteiger partial charge < -0.3 is 0 Å². The number of unbranched alkanes of at least 4 members (excludes halogenated alkanes) is 3. The molecule has 3 nitrogen and oxygen atoms in total. The molecular formula is C27H35N3. The third-order valence-electron chi connectivity index (χ3n) is 5.54. The van der Waals surface area contributed by atoms with Crippen molar-refractivity contribution in [2.75, 3.05) is 0 Å². The van der Waals surface area contributed by atoms with Crippen LogP contribution in [0.4, 0.5) is 0 Å². The van der Waals surface area contributed by atoms with Crippen molar-refractivity contribution in [3.05, 3.63) is 66.1 Å². The zero-order chi connectivity index (χ0) is 21.2. The number of hydrogen-bond donors (Lipinski definition) is 0. The molecule has 0 atom stereocenters. The maximum absolute atomic E-state index is 4.65. The SMILES string of the molecule is CCCCCc1ccc(-c2ccc(-c3ncc(CCCCC(C)C)cn3)cn2)cc1. The van der Waals surface area contributed by atoms with Gasteiger partial charge >= 0.3 is 0 Å². The number of benzene rings is 1. The molecule has 0 amide bonds. The van der Waals surface area contributed by atoms with Crippen LogP contribution in [0.1, 0.15) is 70.4 Å². The lowest BCUT2D eigenvalue weighted by atomic mass is 10.0. The van der Waals surface area contributed by atoms with E-state index in [-0.39, 0.29) is 0 Å². The molecule has 2 aromatic heterocycles. The van der Waals surface area contributed by atoms with E-state index in [9.17, 15) is 0 Å². The molecule has 0 radical (unpaired) electrons. The fraction of sp³-hybridized carbons (Fsp3) is 0.444. The zero-order valence-corrected chi connectivity index (χ0v) is 18.8. The first kappa shape index (κ1) is 22.1. The number of pyridine rings is 1. The Labute approximate surface area is 182 Å². The highest BCUT2D eigenvalue weighted by molar-refractivity contribution is 5.63. The van der Waals surface area contributed by atoms with Crippen molar-refractivity contribution in [1.29, 1.82) is 0 Å². The van der Waals surface area contributed by atoms with Gasteiger partial charge in [-0.15, -0.1) is 0 Å². The second-order valence-electron chi connectivity index (χ2n) is 8.64. The molecule has 3 rings (SSSR count). The fourth-order valence-corrected chi connectivity index (χ4v) is 3.63. The Bertz CT molecular complexity index is 865. The van der Waals surface area contributed by atoms with Crippen molar-refractivity contribution in [2.24, 2.45) is 5.92 Å². The van der Waals surface area contributed by atoms with Crippen LogP contribution in [0.3, 0.4) is 0 Å². The summed E-state index contributed by atoms with van der Waals surface area (Å²) >= 11 is 0. The lowest BCUT2D eigenvalue weighted by molar-refractivity contribution is 0.537. The summed E-state index contributed by atoms with van der Waals surface area (Å²) in [5.74, 6) is 1.52. The van der Waals surface area contributed by atoms with Crippen LogP contribution in [0.5, 0.6) is 0 Å². The highest BCUT2D eigenvalue weighted by atomic mass is 14.9. The van der Waals surface area contributed by atoms with Gasteiger partial charge in [0.25, 0.3) is 0 Å². The number of aromatic nitrogens is 3. The summed E-state index contributed by atoms with van der Waals surface area (Å²) in [4.78, 5) is 13.8. The first-order valence-electron chi connectivity index (χ1n) is 11.5. The predicted molar refractivity (Wildman–Crippen MR) is 126 cm³/mol. The van der Waals surface area contributed by atoms with Gasteiger partial charge in [-0.05, 0) is 54.9 Å². The van der Waals surface area contributed by atoms with E-state index < -0.39 is 0 Å². The molecule has 0 aliphatic rings. The third kappa shape index (κ3) is 6.76. The van der Waals surface area contributed by atoms with Gasteiger partial charge in [-0.3, -0.25) is 4.98 Å². The van der Waals surface area contributed by atoms with Crippen LogP contribution < -0.4 is 0 Å². The van der Waals surface area contributed by atoms with Crippen molar-refractivity contribution >= 4 is 0 Å². The average Bonchev–Trinajstić information content (AvgIpc) is 2.78. The smallest absolute Gasteiger partial charge is 0.160 e. The quantitative estimate of drug-likeness (QED) is 0.316. The Morgan fingerprint density at radius 1 is 0.667 bits per heavy atom. The van der Waals surface area contributed by atoms with Gasteiger partial charge in [0.1, 0.15) is 0 Å². The van der Waals surface area contributed by atoms with Crippen molar-refractivity contribution in [3.63, 3.8) is 0 Å². The largest absolute Gasteiger partial charge is 0.255 e. The summed E-state index contributed by atoms with van der Waals surface area (Å²) in [7, 11) is 0. The number of hydrogen-bond acceptors (Lipinski definition) is 3. The molecule has 0 fully saturated rings. The summed E-state index contributed by atoms with van der Waals surface area (Å²) in [5, 5.41) is 0. The summed E-state index contributed by atoms with van der Waals surface area (Å²) in [6.45, 7) is 6.80. The van der Waals surface area contributed by atoms with Gasteiger partial charge in [-0.25, -0.2) is 9.97 Å². The first-order valence-corrected chi connectivity index (χ1v) is 11.5. The van der Waals surface area contributed by atoms with Gasteiger partial charge in [0.15, 0.2) is 5.82 Å². The van der Waals surface area contributed by atoms with E-state index in [1.807, 2.05) is 18.6 Å². The molecule has 0 unspecified atom stereocenters. The van der Waals surface area contributed by atoms with Crippen LogP contribution in [-0.4, -0.2) is 15.0 Å². The molecule has 30 heavy (non-hydrogen) atoms. The van der Waals surface area contributed by atoms with E-state index in [1.54, 1.807) is 0 Å². The van der Waals surface area contributed by atoms with Crippen LogP contribution in [0.2, 0.25) is 0 Å². The fourth-order valence-electron chi connectivity index (χ4n) is 3.63. The van der Waals surface area contributed by atoms with Crippen molar-refractivity contribution in [1.82, 2.24) is 15.0 Å². The third-order valence-corrected chi connectivity index (χ3v) is 5.54. The molecule has 0 saturated heterocycles. The summed E-state index contributed by atoms with van der Waals surface area (Å²) < 4.78 is 0. The van der Waals surface area contributed by atoms with Crippen LogP contribution in [0.15, 0.2) is 55.0 Å². The predicted octanol–water partition coefficient (Wildman–Crippen LogP) is 7.31. The Hall–Kier alpha value is -2.55. The van der Waals surface area contributed by atoms with E-state index in [0.29, 0.717) is 0 Å². The van der Waals surface area contributed by atoms with E-state index >= 15 is 0 Å². The highest BCUT2D eigenvalue weighted by Crippen LogP contribution is 2.21. The topological polar surface area (TPSA) is 38.7 Å². The number of nitrogens with zero attached hydrogens (tertiary/aromatic N) is 3. The van der Waals surface area contributed by atoms with Gasteiger partial charge in [0, 0.05) is 29.7 Å². The molecular weight excluding hydrogens is 366 g/mol. The maximum atomic E-state index is 4.65. The Balaban J connectivity index is 1.57. The molecule has 3 aromatic rings. The zero-order valence-electron chi connectivity index (χ0n) is 18.8. The molecule has 0 saturated carbocycles. The van der Waals surface area contributed by atoms with Gasteiger partial charge in [0.05, 0.1) is 5.69 Å². The summed E-state index contributed by atoms with van der Waals surface area (Å²) in [6, 6.07) is 12.9. The monoisotopic (exact) mass is 401 g/mol. The van der Waals surface area contributed by atoms with Gasteiger partial charge in [0.2, 0.25) is 0 Å². The summed E-state index contributed by atoms with van der Waals surface area (Å²) in [5.41, 5.74) is 5.72. The first-order chi connectivity index (χ1) is 14.7. The van der Waals surface area contributed by atoms with Crippen LogP contribution in [-0.2, 0) is 12.8 Å². The Morgan fingerprint density at radius 2 is 1.33 bits per heavy atom. The standard InChI is InChI=1S/C27H35N3/c1-4-5-6-10-22-12-14-24(15-13-22)26-17-16-25(20-28-26)27-29-18-23(19-30-27)11-8-7-9-21(2)3/h12-21H,4-11H2,1-3H3. The summed E-state index contributed by atoms with van der Waals surface area (Å²) in [6.07, 6.45) is 15.6. The van der Waals surface area contributed by atoms with E-state index in [2.05, 4.69) is 72.1 Å². The Morgan fingerprint density at radius 3 is 1.97 bits per heavy atom. The van der Waals surface area contributed by atoms with Crippen LogP contribution in [0, 0.1) is 5.92 Å². The van der Waals surface area contributed by atoms with Gasteiger partial charge in [-0.2, -0.15) is 0 Å². The molecule has 0 aliphatic heterocycles. The highest BCUT2D eigenvalue weighted by Gasteiger charge is 2.05. The lowest BCUT2D eigenvalue weighted by Crippen LogP contribution is -1.95. The second-order valence-corrected chi connectivity index (χ2v) is 8.64. The Kier molecular flexibility index (Phi) is 8.55. The molecule has 2 heterocycles. The average molecular weight is 402 g/mol. The molecule has 0 aliphatic carbocycles. The second kappa shape index (κ2) is 11.6. The lowest BCUT2D eigenvalue weighted by Gasteiger charge is -2.06. The number of rotatable bonds is 11. The molecule has 1 aromatic carbocycles. The molecule has 0 spiro atoms. The van der Waals surface area contributed by atoms with E-state index in [0.717, 1.165) is 41.4 Å². The minimum atomic E-state index is 0.742. The maximum Gasteiger partial charge on any atom is 0.160 e. The van der Waals surface area contributed by atoms with Gasteiger partial charge in [-0.1, -0.05) is 70.7 Å². The minimum Gasteiger partial charge on any atom is -0.255 e. The minimum absolute atomic E-state index is 0.742. The molecule has 0 N–H and O–H groups in total. The molecule has 0 bridgehead atoms. The molecule has 3 heteroatoms. The van der Waals surface area contributed by atoms with Crippen molar-refractivity contribution in [2.45, 2.75) is 72.1 Å². The molecule has 158 valence electrons. The van der Waals surface area contributed by atoms with Crippen LogP contribution in [0.25, 0.3) is 22.6 Å². The van der Waals surface area contributed by atoms with Crippen molar-refractivity contribution < 1.29 is 0 Å². The van der Waals surface area contributed by atoms with E-state index in [1.165, 1.54) is 49.7 Å². The van der Waals surface area contributed by atoms with Crippen molar-refractivity contribution in [3.8, 4) is 22.6 Å². The van der Waals surface area contributed by atoms with Crippen LogP contribution >= 0.6 is 0 Å². The number of aryl methyl sites for hydroxylation is 2. The normalized spacial score (nSPS) is 11.2.